The first-order valence-electron chi connectivity index (χ1n) is 19.8. The number of aryl methyl sites for hydroxylation is 1. The van der Waals surface area contributed by atoms with Gasteiger partial charge in [-0.1, -0.05) is 25.0 Å². The minimum absolute atomic E-state index is 0.105. The number of sulfonamides is 1. The van der Waals surface area contributed by atoms with Crippen molar-refractivity contribution < 1.29 is 55.0 Å². The lowest BCUT2D eigenvalue weighted by Gasteiger charge is -2.37. The number of carbonyl (C=O) groups excluding carboxylic acids is 4. The highest BCUT2D eigenvalue weighted by molar-refractivity contribution is 7.91. The zero-order valence-corrected chi connectivity index (χ0v) is 33.5. The molecule has 1 aromatic heterocycles. The van der Waals surface area contributed by atoms with E-state index < -0.39 is 97.4 Å². The first kappa shape index (κ1) is 41.0. The van der Waals surface area contributed by atoms with Crippen LogP contribution in [0.1, 0.15) is 109 Å². The van der Waals surface area contributed by atoms with Crippen LogP contribution in [-0.4, -0.2) is 78.0 Å². The molecule has 2 saturated carbocycles. The predicted octanol–water partition coefficient (Wildman–Crippen LogP) is 6.37. The molecule has 57 heavy (non-hydrogen) atoms. The summed E-state index contributed by atoms with van der Waals surface area (Å²) in [7, 11) is -2.60. The molecular formula is C41H50F3N3O9S. The number of ketones is 1. The number of Topliss-reactive ketones (excluding diaryl/α,β-unsaturated/α-hetero) is 1. The lowest BCUT2D eigenvalue weighted by molar-refractivity contribution is -0.153. The molecule has 16 heteroatoms. The Labute approximate surface area is 330 Å². The number of allylic oxidation sites excluding steroid dienone is 2. The SMILES string of the molecule is COc1ccc2nc(C(F)(F)F)c3c(c2c1)CC[C@]1(C[C@H]2C(=O)C[C@]4(C(=O)NS(=O)(=O)C5(C)CC5)C[C@H]4/C=C\CCCCC[C@H](CC(=O)OC(C)C)C(=O)N2C1)O3. The number of ether oxygens (including phenoxy) is 3. The molecule has 5 aliphatic rings. The van der Waals surface area contributed by atoms with Gasteiger partial charge in [-0.2, -0.15) is 13.2 Å². The maximum Gasteiger partial charge on any atom is 0.437 e. The fraction of sp³-hybridized carbons (Fsp3) is 0.634. The van der Waals surface area contributed by atoms with E-state index in [1.807, 2.05) is 12.2 Å². The second kappa shape index (κ2) is 14.9. The summed E-state index contributed by atoms with van der Waals surface area (Å²) >= 11 is 0. The smallest absolute Gasteiger partial charge is 0.437 e. The molecule has 7 rings (SSSR count). The number of halogens is 3. The quantitative estimate of drug-likeness (QED) is 0.246. The molecule has 310 valence electrons. The van der Waals surface area contributed by atoms with E-state index in [1.54, 1.807) is 26.8 Å². The van der Waals surface area contributed by atoms with E-state index >= 15 is 0 Å². The third kappa shape index (κ3) is 7.99. The highest BCUT2D eigenvalue weighted by Gasteiger charge is 2.63. The normalized spacial score (nSPS) is 29.3. The standard InChI is InChI=1S/C41H50F3N3O9S/c1-24(2)55-33(49)18-25-10-8-6-5-7-9-11-26-20-40(26,37(51)46-57(52,53)38(3)16-17-38)22-32(48)31-21-39(23-47(31)36(25)50)15-14-28-29-19-27(54-4)12-13-30(29)45-35(34(28)56-39)41(42,43)44/h9,11-13,19,24-26,31H,5-8,10,14-18,20-23H2,1-4H3,(H,46,51)/b11-9-/t25-,26-,31+,39-,40-/m1/s1. The number of alkyl halides is 3. The van der Waals surface area contributed by atoms with Gasteiger partial charge in [0.05, 0.1) is 47.9 Å². The van der Waals surface area contributed by atoms with Crippen molar-refractivity contribution in [1.82, 2.24) is 14.6 Å². The number of aromatic nitrogens is 1. The van der Waals surface area contributed by atoms with Crippen molar-refractivity contribution in [2.75, 3.05) is 13.7 Å². The molecule has 5 atom stereocenters. The molecule has 0 unspecified atom stereocenters. The van der Waals surface area contributed by atoms with Crippen LogP contribution in [0.15, 0.2) is 30.4 Å². The number of fused-ring (bicyclic) bond motifs is 5. The number of carbonyl (C=O) groups is 4. The fourth-order valence-electron chi connectivity index (χ4n) is 8.81. The number of amides is 2. The number of esters is 1. The molecule has 2 aliphatic carbocycles. The van der Waals surface area contributed by atoms with Gasteiger partial charge in [0.1, 0.15) is 11.4 Å². The summed E-state index contributed by atoms with van der Waals surface area (Å²) in [6.45, 7) is 4.69. The van der Waals surface area contributed by atoms with E-state index in [0.717, 1.165) is 12.8 Å². The van der Waals surface area contributed by atoms with Crippen molar-refractivity contribution in [3.05, 3.63) is 41.6 Å². The molecule has 3 fully saturated rings. The summed E-state index contributed by atoms with van der Waals surface area (Å²) in [5.41, 5.74) is -3.69. The van der Waals surface area contributed by atoms with E-state index in [-0.39, 0.29) is 49.7 Å². The number of hydrogen-bond donors (Lipinski definition) is 1. The van der Waals surface area contributed by atoms with Gasteiger partial charge in [-0.15, -0.1) is 0 Å². The minimum Gasteiger partial charge on any atom is -0.497 e. The van der Waals surface area contributed by atoms with Gasteiger partial charge in [-0.25, -0.2) is 13.4 Å². The fourth-order valence-corrected chi connectivity index (χ4v) is 10.1. The van der Waals surface area contributed by atoms with Crippen LogP contribution in [0.25, 0.3) is 10.9 Å². The second-order valence-electron chi connectivity index (χ2n) is 17.1. The summed E-state index contributed by atoms with van der Waals surface area (Å²) in [6, 6.07) is 3.34. The molecule has 3 aliphatic heterocycles. The first-order chi connectivity index (χ1) is 26.8. The highest BCUT2D eigenvalue weighted by atomic mass is 32.2. The van der Waals surface area contributed by atoms with Crippen LogP contribution in [0.2, 0.25) is 0 Å². The van der Waals surface area contributed by atoms with Crippen LogP contribution in [0, 0.1) is 17.3 Å². The lowest BCUT2D eigenvalue weighted by atomic mass is 9.85. The number of pyridine rings is 1. The molecule has 12 nitrogen and oxygen atoms in total. The Morgan fingerprint density at radius 2 is 1.86 bits per heavy atom. The highest BCUT2D eigenvalue weighted by Crippen LogP contribution is 2.58. The van der Waals surface area contributed by atoms with Crippen LogP contribution in [0.4, 0.5) is 13.2 Å². The van der Waals surface area contributed by atoms with Crippen molar-refractivity contribution in [1.29, 1.82) is 0 Å². The average Bonchev–Trinajstić information content (AvgIpc) is 4.03. The maximum absolute atomic E-state index is 14.7. The largest absolute Gasteiger partial charge is 0.497 e. The molecule has 1 spiro atoms. The van der Waals surface area contributed by atoms with Gasteiger partial charge in [0, 0.05) is 29.7 Å². The summed E-state index contributed by atoms with van der Waals surface area (Å²) < 4.78 is 88.9. The minimum atomic E-state index is -4.90. The van der Waals surface area contributed by atoms with Crippen molar-refractivity contribution in [3.8, 4) is 11.5 Å². The number of nitrogens with zero attached hydrogens (tertiary/aromatic N) is 2. The molecule has 2 amide bonds. The Morgan fingerprint density at radius 1 is 1.11 bits per heavy atom. The number of benzene rings is 1. The van der Waals surface area contributed by atoms with E-state index in [2.05, 4.69) is 9.71 Å². The van der Waals surface area contributed by atoms with Gasteiger partial charge in [-0.3, -0.25) is 23.9 Å². The third-order valence-electron chi connectivity index (χ3n) is 12.5. The van der Waals surface area contributed by atoms with Crippen molar-refractivity contribution in [2.24, 2.45) is 17.3 Å². The number of nitrogens with one attached hydrogen (secondary N) is 1. The molecule has 0 bridgehead atoms. The van der Waals surface area contributed by atoms with E-state index in [4.69, 9.17) is 14.2 Å². The zero-order chi connectivity index (χ0) is 41.1. The number of methoxy groups -OCH3 is 1. The molecule has 4 heterocycles. The molecule has 2 aromatic rings. The maximum atomic E-state index is 14.7. The van der Waals surface area contributed by atoms with Crippen LogP contribution in [-0.2, 0) is 46.5 Å². The molecular weight excluding hydrogens is 768 g/mol. The topological polar surface area (TPSA) is 158 Å². The van der Waals surface area contributed by atoms with Gasteiger partial charge < -0.3 is 19.1 Å². The lowest BCUT2D eigenvalue weighted by Crippen LogP contribution is -2.48. The summed E-state index contributed by atoms with van der Waals surface area (Å²) in [6.07, 6.45) is 1.91. The van der Waals surface area contributed by atoms with Crippen LogP contribution in [0.5, 0.6) is 11.5 Å². The van der Waals surface area contributed by atoms with Crippen LogP contribution < -0.4 is 14.2 Å². The van der Waals surface area contributed by atoms with Crippen LogP contribution in [0.3, 0.4) is 0 Å². The van der Waals surface area contributed by atoms with Crippen LogP contribution >= 0.6 is 0 Å². The number of rotatable bonds is 7. The van der Waals surface area contributed by atoms with Gasteiger partial charge in [0.25, 0.3) is 0 Å². The van der Waals surface area contributed by atoms with E-state index in [1.165, 1.54) is 24.1 Å². The van der Waals surface area contributed by atoms with E-state index in [0.29, 0.717) is 43.2 Å². The Balaban J connectivity index is 1.27. The monoisotopic (exact) mass is 817 g/mol. The van der Waals surface area contributed by atoms with Crippen molar-refractivity contribution in [3.63, 3.8) is 0 Å². The van der Waals surface area contributed by atoms with Gasteiger partial charge in [-0.05, 0) is 96.3 Å². The zero-order valence-electron chi connectivity index (χ0n) is 32.7. The van der Waals surface area contributed by atoms with Gasteiger partial charge in [0.2, 0.25) is 21.8 Å². The molecule has 1 aromatic carbocycles. The Hall–Kier alpha value is -4.21. The van der Waals surface area contributed by atoms with Gasteiger partial charge >= 0.3 is 12.1 Å². The van der Waals surface area contributed by atoms with Gasteiger partial charge in [0.15, 0.2) is 17.2 Å². The second-order valence-corrected chi connectivity index (χ2v) is 19.3. The molecule has 1 saturated heterocycles. The van der Waals surface area contributed by atoms with Crippen molar-refractivity contribution in [2.45, 2.75) is 133 Å². The molecule has 1 N–H and O–H groups in total. The first-order valence-corrected chi connectivity index (χ1v) is 21.3. The Bertz CT molecular complexity index is 2120. The third-order valence-corrected chi connectivity index (χ3v) is 14.7. The summed E-state index contributed by atoms with van der Waals surface area (Å²) in [4.78, 5) is 61.7. The average molecular weight is 818 g/mol. The summed E-state index contributed by atoms with van der Waals surface area (Å²) in [5.74, 6) is -3.82. The Morgan fingerprint density at radius 3 is 2.54 bits per heavy atom. The van der Waals surface area contributed by atoms with Crippen molar-refractivity contribution >= 4 is 44.5 Å². The molecule has 0 radical (unpaired) electrons. The number of hydrogen-bond acceptors (Lipinski definition) is 10. The predicted molar refractivity (Wildman–Crippen MR) is 202 cm³/mol. The summed E-state index contributed by atoms with van der Waals surface area (Å²) in [5, 5.41) is 0.423. The Kier molecular flexibility index (Phi) is 10.7. The van der Waals surface area contributed by atoms with E-state index in [9.17, 15) is 40.8 Å².